The van der Waals surface area contributed by atoms with Gasteiger partial charge >= 0.3 is 5.97 Å². The van der Waals surface area contributed by atoms with Gasteiger partial charge in [0.2, 0.25) is 11.8 Å². The fraction of sp³-hybridized carbons (Fsp3) is 0.393. The Morgan fingerprint density at radius 1 is 1.00 bits per heavy atom. The highest BCUT2D eigenvalue weighted by atomic mass is 16.6. The molecular formula is C28H32NO5+. The first-order valence-corrected chi connectivity index (χ1v) is 12.2. The average molecular weight is 463 g/mol. The molecule has 0 amide bonds. The molecule has 2 atom stereocenters. The van der Waals surface area contributed by atoms with Crippen LogP contribution in [0.2, 0.25) is 0 Å². The smallest absolute Gasteiger partial charge is 0.355 e. The Morgan fingerprint density at radius 3 is 2.38 bits per heavy atom. The predicted molar refractivity (Wildman–Crippen MR) is 127 cm³/mol. The van der Waals surface area contributed by atoms with E-state index in [9.17, 15) is 9.90 Å². The number of aliphatic hydroxyl groups is 1. The minimum Gasteiger partial charge on any atom is -0.493 e. The minimum absolute atomic E-state index is 0.169. The molecule has 34 heavy (non-hydrogen) atoms. The highest BCUT2D eigenvalue weighted by molar-refractivity contribution is 5.84. The summed E-state index contributed by atoms with van der Waals surface area (Å²) in [4.78, 5) is 13.6. The molecule has 2 bridgehead atoms. The van der Waals surface area contributed by atoms with E-state index in [1.807, 2.05) is 36.4 Å². The van der Waals surface area contributed by atoms with Crippen molar-refractivity contribution in [2.75, 3.05) is 26.2 Å². The van der Waals surface area contributed by atoms with E-state index in [1.165, 1.54) is 6.26 Å². The topological polar surface area (TPSA) is 68.9 Å². The minimum atomic E-state index is -1.98. The van der Waals surface area contributed by atoms with E-state index in [1.54, 1.807) is 36.4 Å². The number of benzene rings is 2. The molecule has 6 heteroatoms. The summed E-state index contributed by atoms with van der Waals surface area (Å²) in [6.45, 7) is 3.47. The maximum atomic E-state index is 13.6. The Morgan fingerprint density at radius 2 is 1.71 bits per heavy atom. The monoisotopic (exact) mass is 462 g/mol. The number of furan rings is 1. The number of fused-ring (bicyclic) bond motifs is 3. The molecule has 1 N–H and O–H groups in total. The molecule has 0 aliphatic carbocycles. The van der Waals surface area contributed by atoms with Crippen molar-refractivity contribution in [1.29, 1.82) is 0 Å². The van der Waals surface area contributed by atoms with E-state index >= 15 is 0 Å². The second-order valence-electron chi connectivity index (χ2n) is 9.50. The maximum Gasteiger partial charge on any atom is 0.355 e. The van der Waals surface area contributed by atoms with Gasteiger partial charge in [-0.25, -0.2) is 4.79 Å². The summed E-state index contributed by atoms with van der Waals surface area (Å²) in [6, 6.07) is 22.0. The lowest BCUT2D eigenvalue weighted by Gasteiger charge is -2.53. The third-order valence-electron chi connectivity index (χ3n) is 7.48. The normalized spacial score (nSPS) is 25.4. The molecule has 178 valence electrons. The summed E-state index contributed by atoms with van der Waals surface area (Å²) in [7, 11) is 0. The van der Waals surface area contributed by atoms with Crippen LogP contribution in [0.5, 0.6) is 5.75 Å². The molecule has 0 saturated carbocycles. The Labute approximate surface area is 200 Å². The van der Waals surface area contributed by atoms with Gasteiger partial charge < -0.3 is 19.0 Å². The molecule has 0 spiro atoms. The summed E-state index contributed by atoms with van der Waals surface area (Å²) in [5.41, 5.74) is -1.54. The van der Waals surface area contributed by atoms with Gasteiger partial charge in [0.1, 0.15) is 5.75 Å². The molecule has 3 fully saturated rings. The molecule has 0 radical (unpaired) electrons. The van der Waals surface area contributed by atoms with Gasteiger partial charge in [-0.1, -0.05) is 48.5 Å². The number of rotatable bonds is 9. The molecule has 1 aromatic heterocycles. The lowest BCUT2D eigenvalue weighted by atomic mass is 9.84. The molecule has 2 unspecified atom stereocenters. The van der Waals surface area contributed by atoms with Crippen LogP contribution in [-0.2, 0) is 15.1 Å². The van der Waals surface area contributed by atoms with Gasteiger partial charge in [-0.3, -0.25) is 4.48 Å². The van der Waals surface area contributed by atoms with Crippen LogP contribution in [0.25, 0.3) is 0 Å². The summed E-state index contributed by atoms with van der Waals surface area (Å²) in [6.07, 6.45) is 5.18. The summed E-state index contributed by atoms with van der Waals surface area (Å²) < 4.78 is 18.3. The maximum absolute atomic E-state index is 13.6. The molecule has 6 rings (SSSR count). The number of carbonyl (C=O) groups excluding carboxylic acids is 1. The van der Waals surface area contributed by atoms with E-state index in [2.05, 4.69) is 0 Å². The van der Waals surface area contributed by atoms with Crippen LogP contribution in [0.1, 0.15) is 37.0 Å². The van der Waals surface area contributed by atoms with Crippen molar-refractivity contribution >= 4 is 5.97 Å². The van der Waals surface area contributed by atoms with Gasteiger partial charge in [-0.05, 0) is 30.2 Å². The Hall–Kier alpha value is -3.09. The van der Waals surface area contributed by atoms with Crippen molar-refractivity contribution in [3.05, 3.63) is 90.4 Å². The molecule has 3 aliphatic rings. The van der Waals surface area contributed by atoms with E-state index in [-0.39, 0.29) is 12.0 Å². The first-order valence-electron chi connectivity index (χ1n) is 12.2. The second kappa shape index (κ2) is 9.65. The van der Waals surface area contributed by atoms with Crippen molar-refractivity contribution < 1.29 is 28.3 Å². The first kappa shape index (κ1) is 22.7. The van der Waals surface area contributed by atoms with Crippen LogP contribution in [0.4, 0.5) is 0 Å². The van der Waals surface area contributed by atoms with Crippen LogP contribution in [0.3, 0.4) is 0 Å². The van der Waals surface area contributed by atoms with Gasteiger partial charge in [0.05, 0.1) is 32.5 Å². The summed E-state index contributed by atoms with van der Waals surface area (Å²) in [5, 5.41) is 11.6. The molecule has 3 aromatic rings. The third kappa shape index (κ3) is 4.36. The van der Waals surface area contributed by atoms with Crippen LogP contribution in [0, 0.1) is 5.92 Å². The number of hydrogen-bond donors (Lipinski definition) is 1. The fourth-order valence-corrected chi connectivity index (χ4v) is 5.51. The number of para-hydroxylation sites is 1. The van der Waals surface area contributed by atoms with Gasteiger partial charge in [0.15, 0.2) is 5.76 Å². The van der Waals surface area contributed by atoms with Crippen LogP contribution >= 0.6 is 0 Å². The molecule has 2 aromatic carbocycles. The number of nitrogens with zero attached hydrogens (tertiary/aromatic N) is 1. The Kier molecular flexibility index (Phi) is 6.44. The molecular weight excluding hydrogens is 430 g/mol. The van der Waals surface area contributed by atoms with E-state index < -0.39 is 11.6 Å². The van der Waals surface area contributed by atoms with Gasteiger partial charge in [-0.2, -0.15) is 0 Å². The highest BCUT2D eigenvalue weighted by Gasteiger charge is 2.53. The Balaban J connectivity index is 1.31. The summed E-state index contributed by atoms with van der Waals surface area (Å²) >= 11 is 0. The zero-order valence-electron chi connectivity index (χ0n) is 19.3. The standard InChI is InChI=1S/C28H32NO5/c30-27(28(31,25-13-7-19-33-25)23-9-3-1-4-10-23)34-26-21-22-14-17-29(26,18-15-22)16-8-20-32-24-11-5-2-6-12-24/h1-7,9-13,19,22,26,31H,8,14-18,20-21H2/q+1. The second-order valence-corrected chi connectivity index (χ2v) is 9.50. The van der Waals surface area contributed by atoms with E-state index in [4.69, 9.17) is 13.9 Å². The van der Waals surface area contributed by atoms with Crippen LogP contribution in [0.15, 0.2) is 83.5 Å². The Bertz CT molecular complexity index is 1060. The number of esters is 1. The van der Waals surface area contributed by atoms with Gasteiger partial charge in [-0.15, -0.1) is 0 Å². The molecule has 4 heterocycles. The van der Waals surface area contributed by atoms with Crippen molar-refractivity contribution in [3.8, 4) is 5.75 Å². The van der Waals surface area contributed by atoms with Gasteiger partial charge in [0, 0.05) is 31.2 Å². The fourth-order valence-electron chi connectivity index (χ4n) is 5.51. The van der Waals surface area contributed by atoms with E-state index in [0.29, 0.717) is 18.1 Å². The quantitative estimate of drug-likeness (QED) is 0.288. The molecule has 6 nitrogen and oxygen atoms in total. The number of carbonyl (C=O) groups is 1. The lowest BCUT2D eigenvalue weighted by Crippen LogP contribution is -2.66. The summed E-state index contributed by atoms with van der Waals surface area (Å²) in [5.74, 6) is 0.924. The predicted octanol–water partition coefficient (Wildman–Crippen LogP) is 4.48. The van der Waals surface area contributed by atoms with E-state index in [0.717, 1.165) is 55.6 Å². The number of piperidine rings is 3. The number of quaternary nitrogens is 1. The molecule has 3 aliphatic heterocycles. The zero-order chi connectivity index (χ0) is 23.4. The average Bonchev–Trinajstić information content (AvgIpc) is 3.44. The lowest BCUT2D eigenvalue weighted by molar-refractivity contribution is -0.984. The molecule has 3 saturated heterocycles. The third-order valence-corrected chi connectivity index (χ3v) is 7.48. The van der Waals surface area contributed by atoms with Crippen molar-refractivity contribution in [2.24, 2.45) is 5.92 Å². The highest BCUT2D eigenvalue weighted by Crippen LogP contribution is 2.41. The van der Waals surface area contributed by atoms with Gasteiger partial charge in [0.25, 0.3) is 0 Å². The first-order chi connectivity index (χ1) is 16.6. The van der Waals surface area contributed by atoms with Crippen LogP contribution in [-0.4, -0.2) is 48.0 Å². The zero-order valence-corrected chi connectivity index (χ0v) is 19.3. The van der Waals surface area contributed by atoms with Crippen molar-refractivity contribution in [2.45, 2.75) is 37.5 Å². The largest absolute Gasteiger partial charge is 0.493 e. The van der Waals surface area contributed by atoms with Crippen LogP contribution < -0.4 is 4.74 Å². The van der Waals surface area contributed by atoms with Crippen molar-refractivity contribution in [3.63, 3.8) is 0 Å². The number of hydrogen-bond acceptors (Lipinski definition) is 5. The SMILES string of the molecule is O=C(OC1CC2CC[N+]1(CCCOc1ccccc1)CC2)C(O)(c1ccccc1)c1ccco1. The number of ether oxygens (including phenoxy) is 2. The van der Waals surface area contributed by atoms with Crippen molar-refractivity contribution in [1.82, 2.24) is 0 Å².